The molecule has 104 valence electrons. The van der Waals surface area contributed by atoms with Crippen LogP contribution in [0.25, 0.3) is 0 Å². The summed E-state index contributed by atoms with van der Waals surface area (Å²) >= 11 is 0. The Morgan fingerprint density at radius 2 is 2.00 bits per heavy atom. The lowest BCUT2D eigenvalue weighted by atomic mass is 10.1. The van der Waals surface area contributed by atoms with Crippen LogP contribution < -0.4 is 5.32 Å². The number of hydrogen-bond acceptors (Lipinski definition) is 3. The first-order valence-corrected chi connectivity index (χ1v) is 5.03. The molecule has 0 aliphatic rings. The summed E-state index contributed by atoms with van der Waals surface area (Å²) in [5.74, 6) is -1.31. The van der Waals surface area contributed by atoms with Gasteiger partial charge in [-0.2, -0.15) is 13.2 Å². The molecule has 1 aromatic carbocycles. The van der Waals surface area contributed by atoms with Gasteiger partial charge < -0.3 is 9.84 Å². The summed E-state index contributed by atoms with van der Waals surface area (Å²) in [7, 11) is 0. The van der Waals surface area contributed by atoms with Gasteiger partial charge in [0.2, 0.25) is 0 Å². The van der Waals surface area contributed by atoms with Crippen LogP contribution in [0.4, 0.5) is 23.7 Å². The third kappa shape index (κ3) is 4.86. The molecule has 0 aliphatic heterocycles. The van der Waals surface area contributed by atoms with Crippen molar-refractivity contribution in [2.45, 2.75) is 13.1 Å². The molecule has 1 rings (SSSR count). The lowest BCUT2D eigenvalue weighted by Crippen LogP contribution is -2.24. The normalized spacial score (nSPS) is 10.9. The van der Waals surface area contributed by atoms with Gasteiger partial charge in [0.1, 0.15) is 0 Å². The number of alkyl halides is 3. The maximum atomic E-state index is 11.8. The average molecular weight is 277 g/mol. The molecule has 0 saturated carbocycles. The van der Waals surface area contributed by atoms with Gasteiger partial charge in [0, 0.05) is 0 Å². The van der Waals surface area contributed by atoms with Gasteiger partial charge in [0.25, 0.3) is 0 Å². The number of hydrogen-bond donors (Lipinski definition) is 2. The molecule has 0 heterocycles. The monoisotopic (exact) mass is 277 g/mol. The van der Waals surface area contributed by atoms with Crippen molar-refractivity contribution in [3.8, 4) is 0 Å². The van der Waals surface area contributed by atoms with Gasteiger partial charge in [-0.05, 0) is 19.1 Å². The topological polar surface area (TPSA) is 75.6 Å². The third-order valence-corrected chi connectivity index (χ3v) is 2.01. The second-order valence-corrected chi connectivity index (χ2v) is 3.67. The summed E-state index contributed by atoms with van der Waals surface area (Å²) in [4.78, 5) is 22.0. The molecule has 0 spiro atoms. The molecule has 0 aliphatic carbocycles. The predicted octanol–water partition coefficient (Wildman–Crippen LogP) is 2.80. The van der Waals surface area contributed by atoms with Gasteiger partial charge in [-0.3, -0.25) is 5.32 Å². The Morgan fingerprint density at radius 1 is 1.37 bits per heavy atom. The van der Waals surface area contributed by atoms with E-state index in [2.05, 4.69) is 4.74 Å². The van der Waals surface area contributed by atoms with E-state index in [9.17, 15) is 22.8 Å². The molecule has 0 unspecified atom stereocenters. The van der Waals surface area contributed by atoms with Gasteiger partial charge >= 0.3 is 18.2 Å². The molecule has 8 heteroatoms. The molecular weight excluding hydrogens is 267 g/mol. The molecular formula is C11H10F3NO4. The zero-order chi connectivity index (χ0) is 14.6. The van der Waals surface area contributed by atoms with Crippen molar-refractivity contribution in [2.24, 2.45) is 0 Å². The first-order valence-electron chi connectivity index (χ1n) is 5.03. The summed E-state index contributed by atoms with van der Waals surface area (Å²) in [6.45, 7) is -0.106. The molecule has 5 nitrogen and oxygen atoms in total. The van der Waals surface area contributed by atoms with Crippen LogP contribution in [-0.2, 0) is 4.74 Å². The van der Waals surface area contributed by atoms with Gasteiger partial charge in [0.05, 0.1) is 11.3 Å². The van der Waals surface area contributed by atoms with E-state index in [1.165, 1.54) is 18.2 Å². The van der Waals surface area contributed by atoms with Crippen molar-refractivity contribution in [1.29, 1.82) is 0 Å². The maximum absolute atomic E-state index is 11.8. The fraction of sp³-hybridized carbons (Fsp3) is 0.273. The number of anilines is 1. The van der Waals surface area contributed by atoms with Crippen LogP contribution in [0.1, 0.15) is 15.9 Å². The number of rotatable bonds is 3. The summed E-state index contributed by atoms with van der Waals surface area (Å²) in [5.41, 5.74) is 0.265. The Labute approximate surface area is 106 Å². The van der Waals surface area contributed by atoms with Crippen molar-refractivity contribution in [2.75, 3.05) is 11.9 Å². The summed E-state index contributed by atoms with van der Waals surface area (Å²) in [6, 6.07) is 4.06. The first-order chi connectivity index (χ1) is 8.69. The minimum atomic E-state index is -4.64. The number of benzene rings is 1. The van der Waals surface area contributed by atoms with E-state index in [0.717, 1.165) is 0 Å². The number of halogens is 3. The highest BCUT2D eigenvalue weighted by molar-refractivity contribution is 5.98. The Balaban J connectivity index is 2.77. The zero-order valence-electron chi connectivity index (χ0n) is 9.75. The highest BCUT2D eigenvalue weighted by Crippen LogP contribution is 2.19. The Kier molecular flexibility index (Phi) is 4.36. The SMILES string of the molecule is Cc1ccc(NC(=O)OCC(F)(F)F)c(C(=O)O)c1. The number of amides is 1. The zero-order valence-corrected chi connectivity index (χ0v) is 9.75. The Bertz CT molecular complexity index is 499. The van der Waals surface area contributed by atoms with Crippen molar-refractivity contribution in [1.82, 2.24) is 0 Å². The van der Waals surface area contributed by atoms with E-state index in [1.54, 1.807) is 6.92 Å². The molecule has 19 heavy (non-hydrogen) atoms. The molecule has 1 amide bonds. The lowest BCUT2D eigenvalue weighted by Gasteiger charge is -2.11. The lowest BCUT2D eigenvalue weighted by molar-refractivity contribution is -0.159. The van der Waals surface area contributed by atoms with Crippen LogP contribution in [0.15, 0.2) is 18.2 Å². The van der Waals surface area contributed by atoms with Crippen LogP contribution >= 0.6 is 0 Å². The van der Waals surface area contributed by atoms with Crippen LogP contribution in [0.5, 0.6) is 0 Å². The number of carbonyl (C=O) groups is 2. The largest absolute Gasteiger partial charge is 0.478 e. The summed E-state index contributed by atoms with van der Waals surface area (Å²) in [6.07, 6.45) is -6.01. The van der Waals surface area contributed by atoms with Crippen molar-refractivity contribution >= 4 is 17.7 Å². The summed E-state index contributed by atoms with van der Waals surface area (Å²) < 4.78 is 39.4. The third-order valence-electron chi connectivity index (χ3n) is 2.01. The van der Waals surface area contributed by atoms with E-state index in [0.29, 0.717) is 5.56 Å². The fourth-order valence-electron chi connectivity index (χ4n) is 1.24. The molecule has 0 saturated heterocycles. The van der Waals surface area contributed by atoms with E-state index in [1.807, 2.05) is 5.32 Å². The fourth-order valence-corrected chi connectivity index (χ4v) is 1.24. The molecule has 0 atom stereocenters. The highest BCUT2D eigenvalue weighted by atomic mass is 19.4. The van der Waals surface area contributed by atoms with Crippen LogP contribution in [-0.4, -0.2) is 30.0 Å². The van der Waals surface area contributed by atoms with Gasteiger partial charge in [-0.15, -0.1) is 0 Å². The van der Waals surface area contributed by atoms with Gasteiger partial charge in [-0.25, -0.2) is 9.59 Å². The Morgan fingerprint density at radius 3 is 2.53 bits per heavy atom. The molecule has 2 N–H and O–H groups in total. The van der Waals surface area contributed by atoms with E-state index in [4.69, 9.17) is 5.11 Å². The predicted molar refractivity (Wildman–Crippen MR) is 59.2 cm³/mol. The second kappa shape index (κ2) is 5.59. The van der Waals surface area contributed by atoms with Gasteiger partial charge in [-0.1, -0.05) is 11.6 Å². The number of carboxylic acid groups (broad SMARTS) is 1. The van der Waals surface area contributed by atoms with Crippen LogP contribution in [0, 0.1) is 6.92 Å². The van der Waals surface area contributed by atoms with Crippen LogP contribution in [0.3, 0.4) is 0 Å². The number of carbonyl (C=O) groups excluding carboxylic acids is 1. The number of nitrogens with one attached hydrogen (secondary N) is 1. The number of carboxylic acids is 1. The van der Waals surface area contributed by atoms with E-state index >= 15 is 0 Å². The average Bonchev–Trinajstić information content (AvgIpc) is 2.28. The molecule has 1 aromatic rings. The smallest absolute Gasteiger partial charge is 0.422 e. The van der Waals surface area contributed by atoms with Crippen molar-refractivity contribution < 1.29 is 32.6 Å². The number of ether oxygens (including phenoxy) is 1. The molecule has 0 radical (unpaired) electrons. The van der Waals surface area contributed by atoms with Crippen molar-refractivity contribution in [3.05, 3.63) is 29.3 Å². The first kappa shape index (κ1) is 14.8. The minimum absolute atomic E-state index is 0.134. The molecule has 0 fully saturated rings. The quantitative estimate of drug-likeness (QED) is 0.890. The number of aryl methyl sites for hydroxylation is 1. The highest BCUT2D eigenvalue weighted by Gasteiger charge is 2.29. The van der Waals surface area contributed by atoms with Gasteiger partial charge in [0.15, 0.2) is 6.61 Å². The number of aromatic carboxylic acids is 1. The van der Waals surface area contributed by atoms with E-state index in [-0.39, 0.29) is 11.3 Å². The van der Waals surface area contributed by atoms with Crippen molar-refractivity contribution in [3.63, 3.8) is 0 Å². The van der Waals surface area contributed by atoms with Crippen LogP contribution in [0.2, 0.25) is 0 Å². The Hall–Kier alpha value is -2.25. The second-order valence-electron chi connectivity index (χ2n) is 3.67. The molecule has 0 bridgehead atoms. The maximum Gasteiger partial charge on any atom is 0.422 e. The van der Waals surface area contributed by atoms with E-state index < -0.39 is 24.8 Å². The standard InChI is InChI=1S/C11H10F3NO4/c1-6-2-3-8(7(4-6)9(16)17)15-10(18)19-5-11(12,13)14/h2-4H,5H2,1H3,(H,15,18)(H,16,17). The summed E-state index contributed by atoms with van der Waals surface area (Å²) in [5, 5.41) is 10.8. The minimum Gasteiger partial charge on any atom is -0.478 e. The molecule has 0 aromatic heterocycles.